The number of hydrogen-bond acceptors (Lipinski definition) is 2. The lowest BCUT2D eigenvalue weighted by Crippen LogP contribution is -1.96. The van der Waals surface area contributed by atoms with Crippen molar-refractivity contribution in [1.29, 1.82) is 0 Å². The molecule has 8 aromatic carbocycles. The summed E-state index contributed by atoms with van der Waals surface area (Å²) in [5.41, 5.74) is 15.5. The third-order valence-corrected chi connectivity index (χ3v) is 10.4. The molecule has 2 aromatic heterocycles. The molecule has 0 aliphatic heterocycles. The van der Waals surface area contributed by atoms with E-state index in [4.69, 9.17) is 9.97 Å². The smallest absolute Gasteiger partial charge is 0.160 e. The zero-order chi connectivity index (χ0) is 36.6. The van der Waals surface area contributed by atoms with Crippen LogP contribution in [0.15, 0.2) is 212 Å². The highest BCUT2D eigenvalue weighted by Crippen LogP contribution is 2.38. The van der Waals surface area contributed by atoms with E-state index in [0.717, 1.165) is 44.9 Å². The van der Waals surface area contributed by atoms with Gasteiger partial charge in [0.15, 0.2) is 5.82 Å². The molecule has 0 fully saturated rings. The lowest BCUT2D eigenvalue weighted by atomic mass is 10.0. The van der Waals surface area contributed by atoms with Crippen molar-refractivity contribution < 1.29 is 0 Å². The van der Waals surface area contributed by atoms with E-state index in [0.29, 0.717) is 5.82 Å². The summed E-state index contributed by atoms with van der Waals surface area (Å²) in [6.07, 6.45) is 0. The summed E-state index contributed by atoms with van der Waals surface area (Å²) in [6.45, 7) is 0. The van der Waals surface area contributed by atoms with Gasteiger partial charge in [-0.25, -0.2) is 9.97 Å². The first-order valence-electron chi connectivity index (χ1n) is 18.7. The summed E-state index contributed by atoms with van der Waals surface area (Å²) in [5.74, 6) is 0.715. The Hall–Kier alpha value is -7.36. The Morgan fingerprint density at radius 2 is 0.655 bits per heavy atom. The van der Waals surface area contributed by atoms with Crippen LogP contribution >= 0.6 is 0 Å². The van der Waals surface area contributed by atoms with Crippen molar-refractivity contribution in [2.45, 2.75) is 0 Å². The largest absolute Gasteiger partial charge is 0.309 e. The van der Waals surface area contributed by atoms with E-state index in [-0.39, 0.29) is 0 Å². The van der Waals surface area contributed by atoms with Crippen molar-refractivity contribution in [3.8, 4) is 73.0 Å². The zero-order valence-electron chi connectivity index (χ0n) is 30.0. The highest BCUT2D eigenvalue weighted by atomic mass is 15.0. The number of fused-ring (bicyclic) bond motifs is 3. The van der Waals surface area contributed by atoms with Crippen molar-refractivity contribution >= 4 is 21.8 Å². The molecule has 0 saturated carbocycles. The van der Waals surface area contributed by atoms with Gasteiger partial charge in [-0.2, -0.15) is 0 Å². The van der Waals surface area contributed by atoms with Gasteiger partial charge < -0.3 is 4.57 Å². The van der Waals surface area contributed by atoms with Crippen molar-refractivity contribution in [2.75, 3.05) is 0 Å². The van der Waals surface area contributed by atoms with Gasteiger partial charge in [-0.15, -0.1) is 0 Å². The van der Waals surface area contributed by atoms with E-state index < -0.39 is 0 Å². The third kappa shape index (κ3) is 6.18. The second-order valence-electron chi connectivity index (χ2n) is 13.9. The highest BCUT2D eigenvalue weighted by molar-refractivity contribution is 6.11. The molecule has 0 saturated heterocycles. The fourth-order valence-corrected chi connectivity index (χ4v) is 7.65. The Morgan fingerprint density at radius 1 is 0.273 bits per heavy atom. The molecular formula is C52H35N3. The van der Waals surface area contributed by atoms with E-state index in [1.165, 1.54) is 44.1 Å². The van der Waals surface area contributed by atoms with E-state index in [9.17, 15) is 0 Å². The standard InChI is InChI=1S/C52H35N3/c1-5-14-36(15-6-1)43-28-30-50-46(33-43)47-34-44(37-16-7-2-8-17-37)29-31-51(47)55(50)45-23-13-22-42(32-45)38-24-26-40(27-25-38)49-35-48(39-18-9-3-10-19-39)53-52(54-49)41-20-11-4-12-21-41/h1-35H. The van der Waals surface area contributed by atoms with Crippen molar-refractivity contribution in [3.05, 3.63) is 212 Å². The molecule has 3 heteroatoms. The van der Waals surface area contributed by atoms with Crippen molar-refractivity contribution in [3.63, 3.8) is 0 Å². The molecule has 2 heterocycles. The Kier molecular flexibility index (Phi) is 8.16. The van der Waals surface area contributed by atoms with Crippen LogP contribution in [0.2, 0.25) is 0 Å². The monoisotopic (exact) mass is 701 g/mol. The highest BCUT2D eigenvalue weighted by Gasteiger charge is 2.16. The molecule has 0 unspecified atom stereocenters. The summed E-state index contributed by atoms with van der Waals surface area (Å²) in [7, 11) is 0. The first-order chi connectivity index (χ1) is 27.2. The van der Waals surface area contributed by atoms with Gasteiger partial charge in [0.1, 0.15) is 0 Å². The van der Waals surface area contributed by atoms with Gasteiger partial charge in [0, 0.05) is 33.2 Å². The van der Waals surface area contributed by atoms with Crippen LogP contribution in [0.4, 0.5) is 0 Å². The molecule has 258 valence electrons. The van der Waals surface area contributed by atoms with E-state index in [1.807, 2.05) is 36.4 Å². The summed E-state index contributed by atoms with van der Waals surface area (Å²) in [4.78, 5) is 10.0. The Labute approximate surface area is 320 Å². The fraction of sp³-hybridized carbons (Fsp3) is 0. The average Bonchev–Trinajstić information content (AvgIpc) is 3.60. The minimum atomic E-state index is 0.715. The zero-order valence-corrected chi connectivity index (χ0v) is 30.0. The Morgan fingerprint density at radius 3 is 1.18 bits per heavy atom. The molecule has 0 atom stereocenters. The molecule has 55 heavy (non-hydrogen) atoms. The van der Waals surface area contributed by atoms with Gasteiger partial charge in [-0.05, 0) is 75.8 Å². The number of aromatic nitrogens is 3. The number of benzene rings is 8. The molecule has 10 aromatic rings. The minimum absolute atomic E-state index is 0.715. The first-order valence-corrected chi connectivity index (χ1v) is 18.7. The van der Waals surface area contributed by atoms with E-state index in [2.05, 4.69) is 180 Å². The van der Waals surface area contributed by atoms with Gasteiger partial charge in [0.05, 0.1) is 22.4 Å². The summed E-state index contributed by atoms with van der Waals surface area (Å²) in [6, 6.07) is 75.2. The van der Waals surface area contributed by atoms with Crippen LogP contribution in [0.1, 0.15) is 0 Å². The van der Waals surface area contributed by atoms with Crippen molar-refractivity contribution in [1.82, 2.24) is 14.5 Å². The SMILES string of the molecule is c1ccc(-c2ccc3c(c2)c2cc(-c4ccccc4)ccc2n3-c2cccc(-c3ccc(-c4cc(-c5ccccc5)nc(-c5ccccc5)n4)cc3)c2)cc1. The Balaban J connectivity index is 1.06. The second kappa shape index (κ2) is 13.9. The average molecular weight is 702 g/mol. The Bertz CT molecular complexity index is 2780. The number of rotatable bonds is 7. The summed E-state index contributed by atoms with van der Waals surface area (Å²) in [5, 5.41) is 2.47. The van der Waals surface area contributed by atoms with Crippen LogP contribution in [0.3, 0.4) is 0 Å². The molecule has 0 spiro atoms. The van der Waals surface area contributed by atoms with Crippen LogP contribution in [-0.2, 0) is 0 Å². The quantitative estimate of drug-likeness (QED) is 0.166. The molecule has 10 rings (SSSR count). The maximum Gasteiger partial charge on any atom is 0.160 e. The molecule has 0 aliphatic carbocycles. The van der Waals surface area contributed by atoms with Gasteiger partial charge >= 0.3 is 0 Å². The molecule has 0 aliphatic rings. The minimum Gasteiger partial charge on any atom is -0.309 e. The summed E-state index contributed by atoms with van der Waals surface area (Å²) < 4.78 is 2.41. The fourth-order valence-electron chi connectivity index (χ4n) is 7.65. The van der Waals surface area contributed by atoms with Crippen molar-refractivity contribution in [2.24, 2.45) is 0 Å². The normalized spacial score (nSPS) is 11.3. The van der Waals surface area contributed by atoms with E-state index in [1.54, 1.807) is 0 Å². The third-order valence-electron chi connectivity index (χ3n) is 10.4. The maximum atomic E-state index is 5.04. The topological polar surface area (TPSA) is 30.7 Å². The first kappa shape index (κ1) is 32.3. The molecule has 0 bridgehead atoms. The van der Waals surface area contributed by atoms with Crippen LogP contribution in [0.5, 0.6) is 0 Å². The van der Waals surface area contributed by atoms with Crippen LogP contribution in [-0.4, -0.2) is 14.5 Å². The van der Waals surface area contributed by atoms with E-state index >= 15 is 0 Å². The van der Waals surface area contributed by atoms with Gasteiger partial charge in [-0.1, -0.05) is 170 Å². The van der Waals surface area contributed by atoms with Crippen LogP contribution < -0.4 is 0 Å². The second-order valence-corrected chi connectivity index (χ2v) is 13.9. The summed E-state index contributed by atoms with van der Waals surface area (Å²) >= 11 is 0. The van der Waals surface area contributed by atoms with Crippen LogP contribution in [0.25, 0.3) is 94.8 Å². The van der Waals surface area contributed by atoms with Gasteiger partial charge in [0.25, 0.3) is 0 Å². The lowest BCUT2D eigenvalue weighted by molar-refractivity contribution is 1.18. The molecule has 3 nitrogen and oxygen atoms in total. The predicted molar refractivity (Wildman–Crippen MR) is 229 cm³/mol. The van der Waals surface area contributed by atoms with Gasteiger partial charge in [0.2, 0.25) is 0 Å². The van der Waals surface area contributed by atoms with Crippen LogP contribution in [0, 0.1) is 0 Å². The maximum absolute atomic E-state index is 5.04. The number of nitrogens with zero attached hydrogens (tertiary/aromatic N) is 3. The molecular weight excluding hydrogens is 667 g/mol. The predicted octanol–water partition coefficient (Wildman–Crippen LogP) is 13.6. The molecule has 0 radical (unpaired) electrons. The lowest BCUT2D eigenvalue weighted by Gasteiger charge is -2.12. The molecule has 0 N–H and O–H groups in total. The van der Waals surface area contributed by atoms with Gasteiger partial charge in [-0.3, -0.25) is 0 Å². The number of hydrogen-bond donors (Lipinski definition) is 0. The molecule has 0 amide bonds.